The standard InChI is InChI=1S/C20H24N2O6S/c1-14-4-6-17(26-2)16(12-14)22-20(23)8-9-21-29(24,25)15-5-7-18-19(13-15)28-11-3-10-27-18/h4-7,12-13,21H,3,8-11H2,1-2H3,(H,22,23). The van der Waals surface area contributed by atoms with Crippen LogP contribution in [0.3, 0.4) is 0 Å². The first-order chi connectivity index (χ1) is 13.9. The number of anilines is 1. The van der Waals surface area contributed by atoms with Crippen LogP contribution < -0.4 is 24.2 Å². The van der Waals surface area contributed by atoms with Gasteiger partial charge in [-0.15, -0.1) is 0 Å². The average molecular weight is 420 g/mol. The van der Waals surface area contributed by atoms with Gasteiger partial charge >= 0.3 is 0 Å². The third kappa shape index (κ3) is 5.39. The Kier molecular flexibility index (Phi) is 6.60. The zero-order valence-electron chi connectivity index (χ0n) is 16.4. The topological polar surface area (TPSA) is 103 Å². The van der Waals surface area contributed by atoms with Gasteiger partial charge in [0.25, 0.3) is 0 Å². The summed E-state index contributed by atoms with van der Waals surface area (Å²) in [4.78, 5) is 12.3. The van der Waals surface area contributed by atoms with Crippen molar-refractivity contribution >= 4 is 21.6 Å². The van der Waals surface area contributed by atoms with Gasteiger partial charge in [0.05, 0.1) is 30.9 Å². The Morgan fingerprint density at radius 1 is 1.10 bits per heavy atom. The minimum atomic E-state index is -3.78. The zero-order chi connectivity index (χ0) is 20.9. The number of aryl methyl sites for hydroxylation is 1. The van der Waals surface area contributed by atoms with Gasteiger partial charge in [0.2, 0.25) is 15.9 Å². The van der Waals surface area contributed by atoms with Gasteiger partial charge in [-0.1, -0.05) is 6.07 Å². The minimum absolute atomic E-state index is 0.0269. The lowest BCUT2D eigenvalue weighted by molar-refractivity contribution is -0.116. The van der Waals surface area contributed by atoms with Gasteiger partial charge in [-0.2, -0.15) is 0 Å². The van der Waals surface area contributed by atoms with Crippen molar-refractivity contribution in [3.63, 3.8) is 0 Å². The molecule has 2 aromatic carbocycles. The molecular weight excluding hydrogens is 396 g/mol. The smallest absolute Gasteiger partial charge is 0.240 e. The number of ether oxygens (including phenoxy) is 3. The van der Waals surface area contributed by atoms with E-state index in [2.05, 4.69) is 10.0 Å². The van der Waals surface area contributed by atoms with E-state index in [4.69, 9.17) is 14.2 Å². The van der Waals surface area contributed by atoms with Crippen molar-refractivity contribution in [1.82, 2.24) is 4.72 Å². The van der Waals surface area contributed by atoms with E-state index >= 15 is 0 Å². The molecule has 3 rings (SSSR count). The van der Waals surface area contributed by atoms with Gasteiger partial charge in [-0.05, 0) is 36.8 Å². The molecule has 0 radical (unpaired) electrons. The van der Waals surface area contributed by atoms with E-state index < -0.39 is 10.0 Å². The molecule has 1 amide bonds. The lowest BCUT2D eigenvalue weighted by Crippen LogP contribution is -2.28. The molecular formula is C20H24N2O6S. The van der Waals surface area contributed by atoms with Gasteiger partial charge in [-0.3, -0.25) is 4.79 Å². The molecule has 8 nitrogen and oxygen atoms in total. The number of sulfonamides is 1. The summed E-state index contributed by atoms with van der Waals surface area (Å²) in [5.41, 5.74) is 1.51. The summed E-state index contributed by atoms with van der Waals surface area (Å²) in [6, 6.07) is 9.88. The van der Waals surface area contributed by atoms with Crippen molar-refractivity contribution in [3.8, 4) is 17.2 Å². The van der Waals surface area contributed by atoms with Crippen molar-refractivity contribution in [2.45, 2.75) is 24.7 Å². The molecule has 1 aliphatic rings. The van der Waals surface area contributed by atoms with Crippen molar-refractivity contribution < 1.29 is 27.4 Å². The number of carbonyl (C=O) groups excluding carboxylic acids is 1. The SMILES string of the molecule is COc1ccc(C)cc1NC(=O)CCNS(=O)(=O)c1ccc2c(c1)OCCCO2. The van der Waals surface area contributed by atoms with Crippen LogP contribution >= 0.6 is 0 Å². The van der Waals surface area contributed by atoms with E-state index in [9.17, 15) is 13.2 Å². The second kappa shape index (κ2) is 9.15. The molecule has 2 N–H and O–H groups in total. The molecule has 2 aromatic rings. The summed E-state index contributed by atoms with van der Waals surface area (Å²) >= 11 is 0. The Balaban J connectivity index is 1.59. The van der Waals surface area contributed by atoms with Crippen LogP contribution in [0.4, 0.5) is 5.69 Å². The van der Waals surface area contributed by atoms with E-state index in [0.29, 0.717) is 36.1 Å². The van der Waals surface area contributed by atoms with Crippen LogP contribution in [-0.2, 0) is 14.8 Å². The largest absolute Gasteiger partial charge is 0.495 e. The quantitative estimate of drug-likeness (QED) is 0.713. The summed E-state index contributed by atoms with van der Waals surface area (Å²) in [7, 11) is -2.27. The van der Waals surface area contributed by atoms with Crippen LogP contribution in [0, 0.1) is 6.92 Å². The molecule has 0 spiro atoms. The van der Waals surface area contributed by atoms with Crippen LogP contribution in [0.2, 0.25) is 0 Å². The van der Waals surface area contributed by atoms with Crippen LogP contribution in [0.15, 0.2) is 41.3 Å². The predicted molar refractivity (Wildman–Crippen MR) is 108 cm³/mol. The zero-order valence-corrected chi connectivity index (χ0v) is 17.2. The highest BCUT2D eigenvalue weighted by atomic mass is 32.2. The van der Waals surface area contributed by atoms with Gasteiger partial charge in [0, 0.05) is 25.5 Å². The molecule has 0 aromatic heterocycles. The summed E-state index contributed by atoms with van der Waals surface area (Å²) in [5, 5.41) is 2.74. The number of methoxy groups -OCH3 is 1. The average Bonchev–Trinajstić information content (AvgIpc) is 2.93. The lowest BCUT2D eigenvalue weighted by atomic mass is 10.2. The number of hydrogen-bond donors (Lipinski definition) is 2. The van der Waals surface area contributed by atoms with Crippen LogP contribution in [-0.4, -0.2) is 41.2 Å². The van der Waals surface area contributed by atoms with E-state index in [1.807, 2.05) is 13.0 Å². The molecule has 0 unspecified atom stereocenters. The Morgan fingerprint density at radius 3 is 2.62 bits per heavy atom. The highest BCUT2D eigenvalue weighted by Crippen LogP contribution is 2.31. The lowest BCUT2D eigenvalue weighted by Gasteiger charge is -2.12. The number of carbonyl (C=O) groups is 1. The summed E-state index contributed by atoms with van der Waals surface area (Å²) in [5.74, 6) is 1.13. The highest BCUT2D eigenvalue weighted by Gasteiger charge is 2.19. The molecule has 156 valence electrons. The second-order valence-electron chi connectivity index (χ2n) is 6.56. The third-order valence-electron chi connectivity index (χ3n) is 4.30. The van der Waals surface area contributed by atoms with E-state index in [-0.39, 0.29) is 23.8 Å². The molecule has 0 aliphatic carbocycles. The summed E-state index contributed by atoms with van der Waals surface area (Å²) in [6.07, 6.45) is 0.705. The van der Waals surface area contributed by atoms with E-state index in [0.717, 1.165) is 12.0 Å². The summed E-state index contributed by atoms with van der Waals surface area (Å²) < 4.78 is 43.8. The molecule has 29 heavy (non-hydrogen) atoms. The van der Waals surface area contributed by atoms with Crippen molar-refractivity contribution in [2.75, 3.05) is 32.2 Å². The molecule has 0 fully saturated rings. The minimum Gasteiger partial charge on any atom is -0.495 e. The number of benzene rings is 2. The molecule has 0 bridgehead atoms. The number of nitrogens with one attached hydrogen (secondary N) is 2. The van der Waals surface area contributed by atoms with Crippen molar-refractivity contribution in [3.05, 3.63) is 42.0 Å². The maximum Gasteiger partial charge on any atom is 0.240 e. The molecule has 1 aliphatic heterocycles. The Hall–Kier alpha value is -2.78. The number of amides is 1. The van der Waals surface area contributed by atoms with Crippen LogP contribution in [0.5, 0.6) is 17.2 Å². The number of fused-ring (bicyclic) bond motifs is 1. The van der Waals surface area contributed by atoms with Crippen molar-refractivity contribution in [2.24, 2.45) is 0 Å². The predicted octanol–water partition coefficient (Wildman–Crippen LogP) is 2.47. The van der Waals surface area contributed by atoms with Gasteiger partial charge in [0.1, 0.15) is 5.75 Å². The third-order valence-corrected chi connectivity index (χ3v) is 5.76. The van der Waals surface area contributed by atoms with E-state index in [1.54, 1.807) is 18.2 Å². The highest BCUT2D eigenvalue weighted by molar-refractivity contribution is 7.89. The fraction of sp³-hybridized carbons (Fsp3) is 0.350. The maximum atomic E-state index is 12.5. The fourth-order valence-corrected chi connectivity index (χ4v) is 3.87. The van der Waals surface area contributed by atoms with Crippen molar-refractivity contribution in [1.29, 1.82) is 0 Å². The monoisotopic (exact) mass is 420 g/mol. The van der Waals surface area contributed by atoms with E-state index in [1.165, 1.54) is 19.2 Å². The summed E-state index contributed by atoms with van der Waals surface area (Å²) in [6.45, 7) is 2.85. The van der Waals surface area contributed by atoms with Crippen LogP contribution in [0.25, 0.3) is 0 Å². The molecule has 0 atom stereocenters. The first-order valence-corrected chi connectivity index (χ1v) is 10.7. The van der Waals surface area contributed by atoms with Crippen LogP contribution in [0.1, 0.15) is 18.4 Å². The normalized spacial score (nSPS) is 13.4. The van der Waals surface area contributed by atoms with Gasteiger partial charge in [0.15, 0.2) is 11.5 Å². The first kappa shape index (κ1) is 20.9. The molecule has 0 saturated carbocycles. The maximum absolute atomic E-state index is 12.5. The number of hydrogen-bond acceptors (Lipinski definition) is 6. The Labute approximate surface area is 170 Å². The number of rotatable bonds is 7. The van der Waals surface area contributed by atoms with Gasteiger partial charge in [-0.25, -0.2) is 13.1 Å². The second-order valence-corrected chi connectivity index (χ2v) is 8.33. The fourth-order valence-electron chi connectivity index (χ4n) is 2.83. The first-order valence-electron chi connectivity index (χ1n) is 9.23. The molecule has 1 heterocycles. The Morgan fingerprint density at radius 2 is 1.86 bits per heavy atom. The Bertz CT molecular complexity index is 990. The molecule has 0 saturated heterocycles. The van der Waals surface area contributed by atoms with Gasteiger partial charge < -0.3 is 19.5 Å². The molecule has 9 heteroatoms.